The third kappa shape index (κ3) is 3.48. The van der Waals surface area contributed by atoms with Crippen molar-refractivity contribution >= 4 is 27.4 Å². The van der Waals surface area contributed by atoms with Crippen LogP contribution in [0.1, 0.15) is 0 Å². The lowest BCUT2D eigenvalue weighted by molar-refractivity contribution is -0.122. The normalized spacial score (nSPS) is 11.8. The van der Waals surface area contributed by atoms with E-state index >= 15 is 0 Å². The summed E-state index contributed by atoms with van der Waals surface area (Å²) in [6.45, 7) is -0.270. The molecule has 10 heteroatoms. The van der Waals surface area contributed by atoms with E-state index in [9.17, 15) is 13.2 Å². The first-order valence-electron chi connectivity index (χ1n) is 6.00. The fourth-order valence-corrected chi connectivity index (χ4v) is 2.97. The van der Waals surface area contributed by atoms with Crippen molar-refractivity contribution in [1.82, 2.24) is 14.1 Å². The summed E-state index contributed by atoms with van der Waals surface area (Å²) >= 11 is 0. The molecule has 21 heavy (non-hydrogen) atoms. The molecule has 0 radical (unpaired) electrons. The fourth-order valence-electron chi connectivity index (χ4n) is 1.75. The number of aromatic nitrogens is 2. The number of hydrogen-bond acceptors (Lipinski definition) is 6. The summed E-state index contributed by atoms with van der Waals surface area (Å²) in [5.41, 5.74) is 11.0. The molecular weight excluding hydrogens is 298 g/mol. The molecule has 0 aliphatic carbocycles. The van der Waals surface area contributed by atoms with Gasteiger partial charge in [-0.2, -0.15) is 0 Å². The molecule has 0 unspecified atom stereocenters. The van der Waals surface area contributed by atoms with Gasteiger partial charge in [-0.05, 0) is 12.1 Å². The van der Waals surface area contributed by atoms with Gasteiger partial charge in [0.25, 0.3) is 10.0 Å². The summed E-state index contributed by atoms with van der Waals surface area (Å²) < 4.78 is 33.0. The largest absolute Gasteiger partial charge is 0.381 e. The molecule has 2 aromatic rings. The van der Waals surface area contributed by atoms with Gasteiger partial charge in [-0.3, -0.25) is 9.20 Å². The van der Waals surface area contributed by atoms with Crippen LogP contribution in [0.4, 0.5) is 5.82 Å². The van der Waals surface area contributed by atoms with Crippen LogP contribution >= 0.6 is 0 Å². The fraction of sp³-hybridized carbons (Fsp3) is 0.273. The molecule has 0 saturated heterocycles. The Balaban J connectivity index is 2.11. The van der Waals surface area contributed by atoms with Gasteiger partial charge in [-0.25, -0.2) is 18.1 Å². The van der Waals surface area contributed by atoms with Crippen LogP contribution in [0.3, 0.4) is 0 Å². The maximum Gasteiger partial charge on any atom is 0.260 e. The first-order chi connectivity index (χ1) is 9.92. The lowest BCUT2D eigenvalue weighted by atomic mass is 10.5. The molecule has 2 aromatic heterocycles. The summed E-state index contributed by atoms with van der Waals surface area (Å²) in [7, 11) is -3.85. The predicted octanol–water partition coefficient (Wildman–Crippen LogP) is -1.30. The van der Waals surface area contributed by atoms with Crippen molar-refractivity contribution in [2.75, 3.05) is 25.5 Å². The van der Waals surface area contributed by atoms with E-state index < -0.39 is 15.9 Å². The minimum atomic E-state index is -3.85. The SMILES string of the molecule is NC(=O)COCCNS(=O)(=O)c1c(N)nc2ccccn12. The molecule has 0 aromatic carbocycles. The van der Waals surface area contributed by atoms with Crippen LogP contribution in [0.25, 0.3) is 5.65 Å². The van der Waals surface area contributed by atoms with Crippen molar-refractivity contribution in [1.29, 1.82) is 0 Å². The molecule has 5 N–H and O–H groups in total. The Bertz CT molecular complexity index is 755. The average Bonchev–Trinajstić information content (AvgIpc) is 2.74. The van der Waals surface area contributed by atoms with Crippen molar-refractivity contribution in [3.8, 4) is 0 Å². The zero-order valence-electron chi connectivity index (χ0n) is 11.0. The van der Waals surface area contributed by atoms with Gasteiger partial charge in [0.2, 0.25) is 5.91 Å². The highest BCUT2D eigenvalue weighted by molar-refractivity contribution is 7.89. The molecule has 0 fully saturated rings. The lowest BCUT2D eigenvalue weighted by Gasteiger charge is -2.07. The monoisotopic (exact) mass is 313 g/mol. The van der Waals surface area contributed by atoms with Crippen LogP contribution in [-0.4, -0.2) is 43.5 Å². The summed E-state index contributed by atoms with van der Waals surface area (Å²) in [6, 6.07) is 5.04. The predicted molar refractivity (Wildman–Crippen MR) is 74.8 cm³/mol. The van der Waals surface area contributed by atoms with Crippen molar-refractivity contribution < 1.29 is 17.9 Å². The first-order valence-corrected chi connectivity index (χ1v) is 7.48. The van der Waals surface area contributed by atoms with Gasteiger partial charge in [-0.1, -0.05) is 6.07 Å². The van der Waals surface area contributed by atoms with E-state index in [-0.39, 0.29) is 30.6 Å². The molecule has 0 bridgehead atoms. The molecule has 0 spiro atoms. The third-order valence-corrected chi connectivity index (χ3v) is 4.05. The Morgan fingerprint density at radius 3 is 2.90 bits per heavy atom. The van der Waals surface area contributed by atoms with Crippen molar-refractivity contribution in [2.24, 2.45) is 5.73 Å². The van der Waals surface area contributed by atoms with Crippen molar-refractivity contribution in [2.45, 2.75) is 5.03 Å². The smallest absolute Gasteiger partial charge is 0.260 e. The number of pyridine rings is 1. The van der Waals surface area contributed by atoms with E-state index in [0.717, 1.165) is 0 Å². The van der Waals surface area contributed by atoms with Gasteiger partial charge in [0.15, 0.2) is 10.8 Å². The van der Waals surface area contributed by atoms with Crippen LogP contribution in [0.5, 0.6) is 0 Å². The van der Waals surface area contributed by atoms with E-state index in [0.29, 0.717) is 5.65 Å². The number of sulfonamides is 1. The number of carbonyl (C=O) groups is 1. The quantitative estimate of drug-likeness (QED) is 0.542. The summed E-state index contributed by atoms with van der Waals surface area (Å²) in [6.07, 6.45) is 1.55. The number of rotatable bonds is 7. The Labute approximate surface area is 120 Å². The Morgan fingerprint density at radius 1 is 1.43 bits per heavy atom. The summed E-state index contributed by atoms with van der Waals surface area (Å²) in [5, 5.41) is -0.131. The number of ether oxygens (including phenoxy) is 1. The van der Waals surface area contributed by atoms with E-state index in [1.165, 1.54) is 4.40 Å². The maximum absolute atomic E-state index is 12.2. The summed E-state index contributed by atoms with van der Waals surface area (Å²) in [5.74, 6) is -0.712. The van der Waals surface area contributed by atoms with Crippen LogP contribution in [-0.2, 0) is 19.6 Å². The molecule has 114 valence electrons. The van der Waals surface area contributed by atoms with E-state index in [1.54, 1.807) is 24.4 Å². The standard InChI is InChI=1S/C11H15N5O4S/c12-8(17)7-20-6-4-14-21(18,19)11-10(13)15-9-3-1-2-5-16(9)11/h1-3,5,14H,4,6-7,13H2,(H2,12,17). The molecular formula is C11H15N5O4S. The van der Waals surface area contributed by atoms with Gasteiger partial charge < -0.3 is 16.2 Å². The highest BCUT2D eigenvalue weighted by Gasteiger charge is 2.23. The van der Waals surface area contributed by atoms with Crippen molar-refractivity contribution in [3.63, 3.8) is 0 Å². The van der Waals surface area contributed by atoms with Gasteiger partial charge in [0.05, 0.1) is 6.61 Å². The molecule has 1 amide bonds. The molecule has 0 saturated carbocycles. The number of imidazole rings is 1. The number of anilines is 1. The number of primary amides is 1. The average molecular weight is 313 g/mol. The lowest BCUT2D eigenvalue weighted by Crippen LogP contribution is -2.30. The highest BCUT2D eigenvalue weighted by Crippen LogP contribution is 2.19. The number of nitrogens with zero attached hydrogens (tertiary/aromatic N) is 2. The second-order valence-electron chi connectivity index (χ2n) is 4.15. The number of fused-ring (bicyclic) bond motifs is 1. The van der Waals surface area contributed by atoms with E-state index in [4.69, 9.17) is 16.2 Å². The van der Waals surface area contributed by atoms with Gasteiger partial charge >= 0.3 is 0 Å². The highest BCUT2D eigenvalue weighted by atomic mass is 32.2. The number of nitrogen functional groups attached to an aromatic ring is 1. The topological polar surface area (TPSA) is 142 Å². The molecule has 0 aliphatic rings. The third-order valence-electron chi connectivity index (χ3n) is 2.55. The van der Waals surface area contributed by atoms with Crippen LogP contribution < -0.4 is 16.2 Å². The Morgan fingerprint density at radius 2 is 2.19 bits per heavy atom. The summed E-state index contributed by atoms with van der Waals surface area (Å²) in [4.78, 5) is 14.4. The minimum Gasteiger partial charge on any atom is -0.381 e. The molecule has 9 nitrogen and oxygen atoms in total. The van der Waals surface area contributed by atoms with Crippen molar-refractivity contribution in [3.05, 3.63) is 24.4 Å². The van der Waals surface area contributed by atoms with E-state index in [1.807, 2.05) is 0 Å². The zero-order chi connectivity index (χ0) is 15.5. The Hall–Kier alpha value is -2.17. The number of amides is 1. The van der Waals surface area contributed by atoms with E-state index in [2.05, 4.69) is 9.71 Å². The minimum absolute atomic E-state index is 0.0127. The Kier molecular flexibility index (Phi) is 4.40. The molecule has 2 rings (SSSR count). The van der Waals surface area contributed by atoms with Crippen LogP contribution in [0.15, 0.2) is 29.4 Å². The van der Waals surface area contributed by atoms with Crippen LogP contribution in [0, 0.1) is 0 Å². The number of carbonyl (C=O) groups excluding carboxylic acids is 1. The maximum atomic E-state index is 12.2. The second-order valence-corrected chi connectivity index (χ2v) is 5.83. The second kappa shape index (κ2) is 6.08. The molecule has 0 atom stereocenters. The molecule has 2 heterocycles. The zero-order valence-corrected chi connectivity index (χ0v) is 11.8. The van der Waals surface area contributed by atoms with Gasteiger partial charge in [-0.15, -0.1) is 0 Å². The first kappa shape index (κ1) is 15.2. The molecule has 0 aliphatic heterocycles. The number of hydrogen-bond donors (Lipinski definition) is 3. The number of nitrogens with two attached hydrogens (primary N) is 2. The van der Waals surface area contributed by atoms with Crippen LogP contribution in [0.2, 0.25) is 0 Å². The van der Waals surface area contributed by atoms with Gasteiger partial charge in [0.1, 0.15) is 12.3 Å². The van der Waals surface area contributed by atoms with Gasteiger partial charge in [0, 0.05) is 12.7 Å². The number of nitrogens with one attached hydrogen (secondary N) is 1.